The number of nitrogens with one attached hydrogen (secondary N) is 1. The number of hydrogen-bond acceptors (Lipinski definition) is 3. The first kappa shape index (κ1) is 62.6. The van der Waals surface area contributed by atoms with Gasteiger partial charge in [0, 0.05) is 6.42 Å². The van der Waals surface area contributed by atoms with Crippen LogP contribution in [0.2, 0.25) is 0 Å². The van der Waals surface area contributed by atoms with Crippen LogP contribution in [0.3, 0.4) is 0 Å². The van der Waals surface area contributed by atoms with Crippen molar-refractivity contribution in [3.05, 3.63) is 36.5 Å². The molecule has 1 amide bonds. The molecule has 4 heteroatoms. The lowest BCUT2D eigenvalue weighted by Gasteiger charge is -2.20. The summed E-state index contributed by atoms with van der Waals surface area (Å²) in [6.07, 6.45) is 76.0. The Balaban J connectivity index is 3.47. The Hall–Kier alpha value is -1.39. The molecule has 378 valence electrons. The molecule has 0 rings (SSSR count). The van der Waals surface area contributed by atoms with E-state index in [1.807, 2.05) is 6.08 Å². The van der Waals surface area contributed by atoms with Crippen LogP contribution in [-0.2, 0) is 4.79 Å². The van der Waals surface area contributed by atoms with Gasteiger partial charge in [-0.15, -0.1) is 0 Å². The van der Waals surface area contributed by atoms with Gasteiger partial charge in [0.05, 0.1) is 18.8 Å². The molecule has 64 heavy (non-hydrogen) atoms. The second-order valence-electron chi connectivity index (χ2n) is 20.1. The molecule has 2 unspecified atom stereocenters. The van der Waals surface area contributed by atoms with Gasteiger partial charge in [0.25, 0.3) is 0 Å². The van der Waals surface area contributed by atoms with Crippen molar-refractivity contribution in [2.75, 3.05) is 6.61 Å². The SMILES string of the molecule is CCCCCCC/C=C\C/C=C\CCCCCCCCCCCCCCCCCC(=O)NC(CO)C(O)/C=C/CCCCCCCCCCCCCCCCCCCCCCCCC. The molecule has 0 radical (unpaired) electrons. The molecule has 0 fully saturated rings. The summed E-state index contributed by atoms with van der Waals surface area (Å²) in [6, 6.07) is -0.622. The van der Waals surface area contributed by atoms with Gasteiger partial charge in [0.1, 0.15) is 0 Å². The van der Waals surface area contributed by atoms with E-state index in [0.29, 0.717) is 6.42 Å². The van der Waals surface area contributed by atoms with E-state index in [-0.39, 0.29) is 12.5 Å². The minimum Gasteiger partial charge on any atom is -0.394 e. The molecule has 4 nitrogen and oxygen atoms in total. The predicted molar refractivity (Wildman–Crippen MR) is 285 cm³/mol. The molecule has 0 aliphatic rings. The summed E-state index contributed by atoms with van der Waals surface area (Å²) in [5, 5.41) is 23.2. The number of rotatable bonds is 54. The molecule has 0 aromatic carbocycles. The van der Waals surface area contributed by atoms with Gasteiger partial charge in [-0.05, 0) is 51.4 Å². The van der Waals surface area contributed by atoms with Gasteiger partial charge < -0.3 is 15.5 Å². The highest BCUT2D eigenvalue weighted by Gasteiger charge is 2.18. The maximum absolute atomic E-state index is 12.5. The number of aliphatic hydroxyl groups is 2. The fraction of sp³-hybridized carbons (Fsp3) is 0.883. The molecule has 0 bridgehead atoms. The van der Waals surface area contributed by atoms with Crippen molar-refractivity contribution in [2.45, 2.75) is 334 Å². The van der Waals surface area contributed by atoms with Crippen molar-refractivity contribution in [2.24, 2.45) is 0 Å². The third kappa shape index (κ3) is 51.6. The van der Waals surface area contributed by atoms with Crippen molar-refractivity contribution >= 4 is 5.91 Å². The molecular formula is C60H115NO3. The van der Waals surface area contributed by atoms with Crippen molar-refractivity contribution in [3.8, 4) is 0 Å². The van der Waals surface area contributed by atoms with E-state index in [0.717, 1.165) is 32.1 Å². The van der Waals surface area contributed by atoms with E-state index in [2.05, 4.69) is 43.5 Å². The van der Waals surface area contributed by atoms with Gasteiger partial charge in [0.15, 0.2) is 0 Å². The molecule has 0 spiro atoms. The number of unbranched alkanes of at least 4 members (excludes halogenated alkanes) is 43. The third-order valence-corrected chi connectivity index (χ3v) is 13.6. The number of aliphatic hydroxyl groups excluding tert-OH is 2. The molecule has 0 saturated heterocycles. The first-order chi connectivity index (χ1) is 31.7. The highest BCUT2D eigenvalue weighted by atomic mass is 16.3. The molecule has 2 atom stereocenters. The number of carbonyl (C=O) groups is 1. The Bertz CT molecular complexity index is 974. The maximum atomic E-state index is 12.5. The van der Waals surface area contributed by atoms with Crippen LogP contribution in [-0.4, -0.2) is 34.9 Å². The van der Waals surface area contributed by atoms with Crippen LogP contribution in [0.25, 0.3) is 0 Å². The lowest BCUT2D eigenvalue weighted by molar-refractivity contribution is -0.123. The quantitative estimate of drug-likeness (QED) is 0.0421. The molecule has 0 saturated carbocycles. The smallest absolute Gasteiger partial charge is 0.220 e. The maximum Gasteiger partial charge on any atom is 0.220 e. The van der Waals surface area contributed by atoms with Crippen molar-refractivity contribution in [1.82, 2.24) is 5.32 Å². The van der Waals surface area contributed by atoms with E-state index in [1.165, 1.54) is 270 Å². The fourth-order valence-corrected chi connectivity index (χ4v) is 9.15. The van der Waals surface area contributed by atoms with Gasteiger partial charge in [-0.2, -0.15) is 0 Å². The summed E-state index contributed by atoms with van der Waals surface area (Å²) in [4.78, 5) is 12.5. The van der Waals surface area contributed by atoms with Crippen molar-refractivity contribution < 1.29 is 15.0 Å². The summed E-state index contributed by atoms with van der Waals surface area (Å²) in [5.41, 5.74) is 0. The van der Waals surface area contributed by atoms with E-state index >= 15 is 0 Å². The molecular weight excluding hydrogens is 783 g/mol. The number of carbonyl (C=O) groups excluding carboxylic acids is 1. The molecule has 0 aliphatic heterocycles. The number of hydrogen-bond donors (Lipinski definition) is 3. The van der Waals surface area contributed by atoms with Crippen LogP contribution in [0, 0.1) is 0 Å². The standard InChI is InChI=1S/C60H115NO3/c1-3-5-7-9-11-13-15-17-19-21-23-25-27-29-30-32-34-36-38-40-42-44-46-48-50-52-54-56-60(64)61-58(57-62)59(63)55-53-51-49-47-45-43-41-39-37-35-33-31-28-26-24-22-20-18-16-14-12-10-8-6-4-2/h15,17,21,23,53,55,58-59,62-63H,3-14,16,18-20,22,24-52,54,56-57H2,1-2H3,(H,61,64)/b17-15-,23-21-,55-53+. The Kier molecular flexibility index (Phi) is 54.7. The van der Waals surface area contributed by atoms with E-state index in [9.17, 15) is 15.0 Å². The number of allylic oxidation sites excluding steroid dienone is 5. The van der Waals surface area contributed by atoms with Crippen LogP contribution < -0.4 is 5.32 Å². The molecule has 0 heterocycles. The van der Waals surface area contributed by atoms with Crippen molar-refractivity contribution in [3.63, 3.8) is 0 Å². The van der Waals surface area contributed by atoms with Gasteiger partial charge in [-0.1, -0.05) is 301 Å². The average molecular weight is 899 g/mol. The van der Waals surface area contributed by atoms with E-state index < -0.39 is 12.1 Å². The monoisotopic (exact) mass is 898 g/mol. The summed E-state index contributed by atoms with van der Waals surface area (Å²) >= 11 is 0. The zero-order chi connectivity index (χ0) is 46.3. The van der Waals surface area contributed by atoms with Crippen LogP contribution in [0.4, 0.5) is 0 Å². The highest BCUT2D eigenvalue weighted by Crippen LogP contribution is 2.17. The summed E-state index contributed by atoms with van der Waals surface area (Å²) in [7, 11) is 0. The van der Waals surface area contributed by atoms with E-state index in [1.54, 1.807) is 6.08 Å². The summed E-state index contributed by atoms with van der Waals surface area (Å²) < 4.78 is 0. The Labute approximate surface area is 402 Å². The van der Waals surface area contributed by atoms with E-state index in [4.69, 9.17) is 0 Å². The zero-order valence-corrected chi connectivity index (χ0v) is 43.6. The lowest BCUT2D eigenvalue weighted by Crippen LogP contribution is -2.45. The molecule has 0 aromatic rings. The topological polar surface area (TPSA) is 69.6 Å². The second kappa shape index (κ2) is 55.9. The normalized spacial score (nSPS) is 13.0. The summed E-state index contributed by atoms with van der Waals surface area (Å²) in [6.45, 7) is 4.33. The molecule has 0 aliphatic carbocycles. The van der Waals surface area contributed by atoms with Crippen molar-refractivity contribution in [1.29, 1.82) is 0 Å². The minimum atomic E-state index is -0.839. The molecule has 3 N–H and O–H groups in total. The fourth-order valence-electron chi connectivity index (χ4n) is 9.15. The van der Waals surface area contributed by atoms with Gasteiger partial charge in [-0.25, -0.2) is 0 Å². The van der Waals surface area contributed by atoms with Gasteiger partial charge in [-0.3, -0.25) is 4.79 Å². The first-order valence-corrected chi connectivity index (χ1v) is 29.2. The zero-order valence-electron chi connectivity index (χ0n) is 43.6. The van der Waals surface area contributed by atoms with Gasteiger partial charge in [0.2, 0.25) is 5.91 Å². The average Bonchev–Trinajstić information content (AvgIpc) is 3.30. The van der Waals surface area contributed by atoms with Gasteiger partial charge >= 0.3 is 0 Å². The van der Waals surface area contributed by atoms with Crippen LogP contribution in [0.5, 0.6) is 0 Å². The second-order valence-corrected chi connectivity index (χ2v) is 20.1. The highest BCUT2D eigenvalue weighted by molar-refractivity contribution is 5.76. The molecule has 0 aromatic heterocycles. The Morgan fingerprint density at radius 2 is 0.641 bits per heavy atom. The Morgan fingerprint density at radius 3 is 0.938 bits per heavy atom. The predicted octanol–water partition coefficient (Wildman–Crippen LogP) is 19.3. The Morgan fingerprint density at radius 1 is 0.375 bits per heavy atom. The first-order valence-electron chi connectivity index (χ1n) is 29.2. The lowest BCUT2D eigenvalue weighted by atomic mass is 10.0. The largest absolute Gasteiger partial charge is 0.394 e. The van der Waals surface area contributed by atoms with Crippen LogP contribution in [0.1, 0.15) is 322 Å². The van der Waals surface area contributed by atoms with Crippen LogP contribution in [0.15, 0.2) is 36.5 Å². The number of amides is 1. The summed E-state index contributed by atoms with van der Waals surface area (Å²) in [5.74, 6) is -0.0593. The van der Waals surface area contributed by atoms with Crippen LogP contribution >= 0.6 is 0 Å². The third-order valence-electron chi connectivity index (χ3n) is 13.6. The minimum absolute atomic E-state index is 0.0593.